The van der Waals surface area contributed by atoms with Gasteiger partial charge in [-0.15, -0.1) is 0 Å². The van der Waals surface area contributed by atoms with Crippen molar-refractivity contribution in [3.8, 4) is 0 Å². The molecule has 2 N–H and O–H groups in total. The minimum absolute atomic E-state index is 0.0717. The average Bonchev–Trinajstić information content (AvgIpc) is 2.64. The molecule has 2 atom stereocenters. The van der Waals surface area contributed by atoms with E-state index >= 15 is 0 Å². The van der Waals surface area contributed by atoms with Gasteiger partial charge in [0.25, 0.3) is 0 Å². The Bertz CT molecular complexity index is 774. The molecule has 2 aromatic carbocycles. The van der Waals surface area contributed by atoms with Crippen molar-refractivity contribution < 1.29 is 4.79 Å². The Labute approximate surface area is 161 Å². The van der Waals surface area contributed by atoms with Gasteiger partial charge in [-0.25, -0.2) is 0 Å². The number of carbonyl (C=O) groups is 1. The van der Waals surface area contributed by atoms with Crippen LogP contribution in [0.5, 0.6) is 0 Å². The molecular formula is C22H27ClN2O. The fourth-order valence-electron chi connectivity index (χ4n) is 3.91. The van der Waals surface area contributed by atoms with Gasteiger partial charge in [0.2, 0.25) is 5.91 Å². The number of amides is 1. The van der Waals surface area contributed by atoms with Gasteiger partial charge in [-0.1, -0.05) is 49.7 Å². The monoisotopic (exact) mass is 370 g/mol. The third kappa shape index (κ3) is 4.11. The summed E-state index contributed by atoms with van der Waals surface area (Å²) in [5, 5.41) is 0.786. The summed E-state index contributed by atoms with van der Waals surface area (Å²) in [6.45, 7) is 7.81. The highest BCUT2D eigenvalue weighted by atomic mass is 35.5. The van der Waals surface area contributed by atoms with Crippen molar-refractivity contribution in [1.29, 1.82) is 0 Å². The van der Waals surface area contributed by atoms with E-state index in [0.717, 1.165) is 37.5 Å². The minimum Gasteiger partial charge on any atom is -0.366 e. The zero-order valence-electron chi connectivity index (χ0n) is 15.5. The van der Waals surface area contributed by atoms with E-state index < -0.39 is 0 Å². The maximum absolute atomic E-state index is 11.5. The summed E-state index contributed by atoms with van der Waals surface area (Å²) in [5.41, 5.74) is 8.68. The van der Waals surface area contributed by atoms with Crippen LogP contribution < -0.4 is 5.73 Å². The van der Waals surface area contributed by atoms with Crippen molar-refractivity contribution in [1.82, 2.24) is 4.90 Å². The van der Waals surface area contributed by atoms with Crippen LogP contribution >= 0.6 is 11.6 Å². The number of halogens is 1. The van der Waals surface area contributed by atoms with E-state index in [-0.39, 0.29) is 11.3 Å². The number of primary amides is 1. The molecule has 3 nitrogen and oxygen atoms in total. The molecule has 3 rings (SSSR count). The molecule has 4 heteroatoms. The third-order valence-corrected chi connectivity index (χ3v) is 6.26. The second-order valence-electron chi connectivity index (χ2n) is 7.69. The van der Waals surface area contributed by atoms with Crippen LogP contribution in [0.15, 0.2) is 48.5 Å². The number of rotatable bonds is 5. The van der Waals surface area contributed by atoms with Gasteiger partial charge in [0, 0.05) is 23.7 Å². The molecule has 2 aromatic rings. The summed E-state index contributed by atoms with van der Waals surface area (Å²) < 4.78 is 0. The maximum Gasteiger partial charge on any atom is 0.248 e. The summed E-state index contributed by atoms with van der Waals surface area (Å²) in [7, 11) is 0. The number of likely N-dealkylation sites (tertiary alicyclic amines) is 1. The van der Waals surface area contributed by atoms with Crippen LogP contribution in [0, 0.1) is 5.92 Å². The number of nitrogens with two attached hydrogens (primary N) is 1. The number of hydrogen-bond donors (Lipinski definition) is 1. The molecule has 2 unspecified atom stereocenters. The van der Waals surface area contributed by atoms with Crippen molar-refractivity contribution in [2.75, 3.05) is 19.6 Å². The quantitative estimate of drug-likeness (QED) is 0.853. The van der Waals surface area contributed by atoms with E-state index in [1.165, 1.54) is 11.1 Å². The predicted octanol–water partition coefficient (Wildman–Crippen LogP) is 4.28. The molecule has 26 heavy (non-hydrogen) atoms. The van der Waals surface area contributed by atoms with Crippen LogP contribution in [-0.4, -0.2) is 30.4 Å². The fourth-order valence-corrected chi connectivity index (χ4v) is 4.04. The first-order valence-electron chi connectivity index (χ1n) is 9.25. The van der Waals surface area contributed by atoms with Crippen molar-refractivity contribution in [3.63, 3.8) is 0 Å². The van der Waals surface area contributed by atoms with E-state index in [1.807, 2.05) is 24.3 Å². The molecule has 138 valence electrons. The van der Waals surface area contributed by atoms with Gasteiger partial charge in [0.05, 0.1) is 0 Å². The summed E-state index contributed by atoms with van der Waals surface area (Å²) in [6, 6.07) is 16.0. The summed E-state index contributed by atoms with van der Waals surface area (Å²) in [5.74, 6) is 0.146. The summed E-state index contributed by atoms with van der Waals surface area (Å²) in [4.78, 5) is 14.1. The van der Waals surface area contributed by atoms with Crippen LogP contribution in [0.3, 0.4) is 0 Å². The molecule has 0 bridgehead atoms. The maximum atomic E-state index is 11.5. The van der Waals surface area contributed by atoms with Crippen LogP contribution in [0.1, 0.15) is 41.8 Å². The van der Waals surface area contributed by atoms with Gasteiger partial charge in [-0.05, 0) is 66.1 Å². The highest BCUT2D eigenvalue weighted by molar-refractivity contribution is 6.30. The number of nitrogens with zero attached hydrogens (tertiary/aromatic N) is 1. The van der Waals surface area contributed by atoms with Gasteiger partial charge in [-0.2, -0.15) is 0 Å². The lowest BCUT2D eigenvalue weighted by Crippen LogP contribution is -2.47. The Morgan fingerprint density at radius 1 is 1.27 bits per heavy atom. The van der Waals surface area contributed by atoms with Gasteiger partial charge >= 0.3 is 0 Å². The Morgan fingerprint density at radius 2 is 2.00 bits per heavy atom. The number of piperidine rings is 1. The molecular weight excluding hydrogens is 344 g/mol. The van der Waals surface area contributed by atoms with Crippen molar-refractivity contribution in [3.05, 3.63) is 70.2 Å². The highest BCUT2D eigenvalue weighted by Crippen LogP contribution is 2.39. The van der Waals surface area contributed by atoms with E-state index in [4.69, 9.17) is 17.3 Å². The summed E-state index contributed by atoms with van der Waals surface area (Å²) >= 11 is 5.96. The zero-order valence-corrected chi connectivity index (χ0v) is 16.3. The first-order valence-corrected chi connectivity index (χ1v) is 9.63. The van der Waals surface area contributed by atoms with Crippen LogP contribution in [0.25, 0.3) is 0 Å². The summed E-state index contributed by atoms with van der Waals surface area (Å²) in [6.07, 6.45) is 2.12. The number of hydrogen-bond acceptors (Lipinski definition) is 2. The third-order valence-electron chi connectivity index (χ3n) is 6.00. The first-order chi connectivity index (χ1) is 12.4. The Balaban J connectivity index is 1.64. The topological polar surface area (TPSA) is 46.3 Å². The lowest BCUT2D eigenvalue weighted by molar-refractivity contribution is 0.0998. The Kier molecular flexibility index (Phi) is 5.69. The smallest absolute Gasteiger partial charge is 0.248 e. The van der Waals surface area contributed by atoms with Gasteiger partial charge in [-0.3, -0.25) is 4.79 Å². The second kappa shape index (κ2) is 7.81. The van der Waals surface area contributed by atoms with E-state index in [1.54, 1.807) is 6.07 Å². The SMILES string of the molecule is CC1CN(CCc2ccc(Cl)cc2)CCC1(C)c1cccc(C(N)=O)c1. The molecule has 0 radical (unpaired) electrons. The Hall–Kier alpha value is -1.84. The molecule has 1 fully saturated rings. The fraction of sp³-hybridized carbons (Fsp3) is 0.409. The van der Waals surface area contributed by atoms with Crippen LogP contribution in [0.2, 0.25) is 5.02 Å². The lowest BCUT2D eigenvalue weighted by Gasteiger charge is -2.45. The lowest BCUT2D eigenvalue weighted by atomic mass is 9.68. The standard InChI is InChI=1S/C22H27ClN2O/c1-16-15-25(12-10-17-6-8-20(23)9-7-17)13-11-22(16,2)19-5-3-4-18(14-19)21(24)26/h3-9,14,16H,10-13,15H2,1-2H3,(H2,24,26). The van der Waals surface area contributed by atoms with Crippen LogP contribution in [0.4, 0.5) is 0 Å². The van der Waals surface area contributed by atoms with E-state index in [0.29, 0.717) is 11.5 Å². The molecule has 0 aromatic heterocycles. The van der Waals surface area contributed by atoms with E-state index in [9.17, 15) is 4.79 Å². The second-order valence-corrected chi connectivity index (χ2v) is 8.13. The number of carbonyl (C=O) groups excluding carboxylic acids is 1. The van der Waals surface area contributed by atoms with Gasteiger partial charge in [0.15, 0.2) is 0 Å². The number of benzene rings is 2. The van der Waals surface area contributed by atoms with Crippen molar-refractivity contribution in [2.45, 2.75) is 32.1 Å². The molecule has 1 amide bonds. The largest absolute Gasteiger partial charge is 0.366 e. The minimum atomic E-state index is -0.358. The molecule has 1 aliphatic heterocycles. The molecule has 0 saturated carbocycles. The van der Waals surface area contributed by atoms with Crippen molar-refractivity contribution >= 4 is 17.5 Å². The van der Waals surface area contributed by atoms with Gasteiger partial charge in [0.1, 0.15) is 0 Å². The van der Waals surface area contributed by atoms with Crippen molar-refractivity contribution in [2.24, 2.45) is 11.7 Å². The molecule has 0 aliphatic carbocycles. The zero-order chi connectivity index (χ0) is 18.7. The molecule has 1 aliphatic rings. The van der Waals surface area contributed by atoms with E-state index in [2.05, 4.69) is 36.9 Å². The molecule has 0 spiro atoms. The van der Waals surface area contributed by atoms with Gasteiger partial charge < -0.3 is 10.6 Å². The predicted molar refractivity (Wildman–Crippen MR) is 108 cm³/mol. The normalized spacial score (nSPS) is 23.7. The molecule has 1 heterocycles. The highest BCUT2D eigenvalue weighted by Gasteiger charge is 2.37. The Morgan fingerprint density at radius 3 is 2.65 bits per heavy atom. The first kappa shape index (κ1) is 18.9. The molecule has 1 saturated heterocycles. The van der Waals surface area contributed by atoms with Crippen LogP contribution in [-0.2, 0) is 11.8 Å². The average molecular weight is 371 g/mol.